The molecule has 1 N–H and O–H groups in total. The molecule has 0 bridgehead atoms. The van der Waals surface area contributed by atoms with Crippen LogP contribution in [0.3, 0.4) is 0 Å². The molecule has 1 heterocycles. The summed E-state index contributed by atoms with van der Waals surface area (Å²) in [6, 6.07) is 7.36. The van der Waals surface area contributed by atoms with Crippen LogP contribution in [0, 0.1) is 0 Å². The lowest BCUT2D eigenvalue weighted by atomic mass is 10.1. The van der Waals surface area contributed by atoms with Gasteiger partial charge in [0.25, 0.3) is 0 Å². The van der Waals surface area contributed by atoms with Gasteiger partial charge in [0.15, 0.2) is 0 Å². The van der Waals surface area contributed by atoms with Crippen molar-refractivity contribution in [1.29, 1.82) is 0 Å². The van der Waals surface area contributed by atoms with Gasteiger partial charge in [0, 0.05) is 34.6 Å². The maximum absolute atomic E-state index is 6.04. The van der Waals surface area contributed by atoms with Crippen LogP contribution >= 0.6 is 23.2 Å². The number of nitrogens with one attached hydrogen (secondary N) is 1. The Morgan fingerprint density at radius 3 is 2.32 bits per heavy atom. The fourth-order valence-corrected chi connectivity index (χ4v) is 2.49. The predicted molar refractivity (Wildman–Crippen MR) is 79.0 cm³/mol. The molecule has 2 aromatic rings. The summed E-state index contributed by atoms with van der Waals surface area (Å²) in [4.78, 5) is 9.12. The molecule has 1 aliphatic rings. The van der Waals surface area contributed by atoms with Crippen LogP contribution in [0.15, 0.2) is 24.3 Å². The van der Waals surface area contributed by atoms with Crippen LogP contribution in [-0.4, -0.2) is 17.0 Å². The Labute approximate surface area is 122 Å². The van der Waals surface area contributed by atoms with E-state index in [1.807, 2.05) is 25.2 Å². The molecule has 1 aromatic carbocycles. The van der Waals surface area contributed by atoms with Gasteiger partial charge in [-0.25, -0.2) is 9.97 Å². The first-order valence-electron chi connectivity index (χ1n) is 6.19. The summed E-state index contributed by atoms with van der Waals surface area (Å²) in [7, 11) is 1.85. The maximum atomic E-state index is 6.04. The van der Waals surface area contributed by atoms with Crippen LogP contribution in [0.25, 0.3) is 11.3 Å². The Balaban J connectivity index is 2.09. The van der Waals surface area contributed by atoms with E-state index in [0.29, 0.717) is 16.0 Å². The van der Waals surface area contributed by atoms with Gasteiger partial charge in [0.2, 0.25) is 0 Å². The molecular weight excluding hydrogens is 281 g/mol. The Hall–Kier alpha value is -1.32. The first-order valence-corrected chi connectivity index (χ1v) is 6.94. The Kier molecular flexibility index (Phi) is 3.33. The van der Waals surface area contributed by atoms with E-state index in [0.717, 1.165) is 22.9 Å². The van der Waals surface area contributed by atoms with E-state index in [4.69, 9.17) is 23.2 Å². The van der Waals surface area contributed by atoms with Crippen molar-refractivity contribution in [3.05, 3.63) is 40.1 Å². The van der Waals surface area contributed by atoms with Gasteiger partial charge < -0.3 is 5.32 Å². The van der Waals surface area contributed by atoms with E-state index < -0.39 is 0 Å². The highest BCUT2D eigenvalue weighted by atomic mass is 35.5. The van der Waals surface area contributed by atoms with E-state index in [-0.39, 0.29) is 0 Å². The van der Waals surface area contributed by atoms with Crippen molar-refractivity contribution in [1.82, 2.24) is 9.97 Å². The minimum atomic E-state index is 0.502. The molecule has 3 rings (SSSR count). The maximum Gasteiger partial charge on any atom is 0.134 e. The standard InChI is InChI=1S/C14H13Cl2N3/c1-17-13-7-12(18-14(19-13)8-2-3-8)9-4-10(15)6-11(16)5-9/h4-8H,2-3H2,1H3,(H,17,18,19). The summed E-state index contributed by atoms with van der Waals surface area (Å²) in [5.41, 5.74) is 1.77. The SMILES string of the molecule is CNc1cc(-c2cc(Cl)cc(Cl)c2)nc(C2CC2)n1. The van der Waals surface area contributed by atoms with Crippen LogP contribution in [0.2, 0.25) is 10.0 Å². The number of nitrogens with zero attached hydrogens (tertiary/aromatic N) is 2. The molecule has 1 aromatic heterocycles. The molecule has 0 radical (unpaired) electrons. The summed E-state index contributed by atoms with van der Waals surface area (Å²) in [5, 5.41) is 4.29. The average molecular weight is 294 g/mol. The van der Waals surface area contributed by atoms with Gasteiger partial charge in [-0.15, -0.1) is 0 Å². The second-order valence-electron chi connectivity index (χ2n) is 4.68. The summed E-state index contributed by atoms with van der Waals surface area (Å²) in [5.74, 6) is 2.22. The highest BCUT2D eigenvalue weighted by Gasteiger charge is 2.27. The second-order valence-corrected chi connectivity index (χ2v) is 5.55. The molecule has 1 aliphatic carbocycles. The van der Waals surface area contributed by atoms with Crippen LogP contribution in [0.5, 0.6) is 0 Å². The fraction of sp³-hybridized carbons (Fsp3) is 0.286. The van der Waals surface area contributed by atoms with E-state index in [9.17, 15) is 0 Å². The van der Waals surface area contributed by atoms with Gasteiger partial charge >= 0.3 is 0 Å². The van der Waals surface area contributed by atoms with Gasteiger partial charge in [0.1, 0.15) is 11.6 Å². The molecule has 1 saturated carbocycles. The Morgan fingerprint density at radius 2 is 1.74 bits per heavy atom. The summed E-state index contributed by atoms with van der Waals surface area (Å²) < 4.78 is 0. The number of benzene rings is 1. The van der Waals surface area contributed by atoms with E-state index in [2.05, 4.69) is 15.3 Å². The van der Waals surface area contributed by atoms with Gasteiger partial charge in [0.05, 0.1) is 5.69 Å². The molecule has 19 heavy (non-hydrogen) atoms. The number of aromatic nitrogens is 2. The topological polar surface area (TPSA) is 37.8 Å². The molecule has 1 fully saturated rings. The van der Waals surface area contributed by atoms with E-state index >= 15 is 0 Å². The quantitative estimate of drug-likeness (QED) is 0.913. The highest BCUT2D eigenvalue weighted by Crippen LogP contribution is 2.39. The first-order chi connectivity index (χ1) is 9.15. The van der Waals surface area contributed by atoms with Crippen molar-refractivity contribution in [2.24, 2.45) is 0 Å². The third kappa shape index (κ3) is 2.82. The third-order valence-electron chi connectivity index (χ3n) is 3.10. The normalized spacial score (nSPS) is 14.5. The van der Waals surface area contributed by atoms with Gasteiger partial charge in [-0.05, 0) is 31.0 Å². The number of rotatable bonds is 3. The molecule has 0 amide bonds. The van der Waals surface area contributed by atoms with Crippen molar-refractivity contribution in [3.63, 3.8) is 0 Å². The second kappa shape index (κ2) is 4.99. The van der Waals surface area contributed by atoms with Crippen LogP contribution in [0.1, 0.15) is 24.6 Å². The van der Waals surface area contributed by atoms with Gasteiger partial charge in [-0.3, -0.25) is 0 Å². The number of hydrogen-bond acceptors (Lipinski definition) is 3. The number of halogens is 2. The average Bonchev–Trinajstić information content (AvgIpc) is 3.21. The van der Waals surface area contributed by atoms with Crippen molar-refractivity contribution in [2.75, 3.05) is 12.4 Å². The zero-order valence-electron chi connectivity index (χ0n) is 10.5. The van der Waals surface area contributed by atoms with Crippen molar-refractivity contribution < 1.29 is 0 Å². The third-order valence-corrected chi connectivity index (χ3v) is 3.54. The van der Waals surface area contributed by atoms with Gasteiger partial charge in [-0.2, -0.15) is 0 Å². The molecule has 5 heteroatoms. The molecule has 98 valence electrons. The van der Waals surface area contributed by atoms with Crippen molar-refractivity contribution in [2.45, 2.75) is 18.8 Å². The summed E-state index contributed by atoms with van der Waals surface area (Å²) >= 11 is 12.1. The van der Waals surface area contributed by atoms with Gasteiger partial charge in [-0.1, -0.05) is 23.2 Å². The van der Waals surface area contributed by atoms with Crippen LogP contribution in [-0.2, 0) is 0 Å². The van der Waals surface area contributed by atoms with Crippen LogP contribution in [0.4, 0.5) is 5.82 Å². The lowest BCUT2D eigenvalue weighted by Crippen LogP contribution is -2.00. The van der Waals surface area contributed by atoms with Crippen molar-refractivity contribution >= 4 is 29.0 Å². The van der Waals surface area contributed by atoms with Crippen LogP contribution < -0.4 is 5.32 Å². The summed E-state index contributed by atoms with van der Waals surface area (Å²) in [6.07, 6.45) is 2.34. The minimum absolute atomic E-state index is 0.502. The Bertz CT molecular complexity index is 604. The largest absolute Gasteiger partial charge is 0.373 e. The zero-order chi connectivity index (χ0) is 13.4. The molecule has 0 saturated heterocycles. The van der Waals surface area contributed by atoms with E-state index in [1.54, 1.807) is 6.07 Å². The molecule has 0 atom stereocenters. The number of hydrogen-bond donors (Lipinski definition) is 1. The zero-order valence-corrected chi connectivity index (χ0v) is 12.0. The molecule has 0 unspecified atom stereocenters. The monoisotopic (exact) mass is 293 g/mol. The number of anilines is 1. The van der Waals surface area contributed by atoms with Crippen molar-refractivity contribution in [3.8, 4) is 11.3 Å². The molecular formula is C14H13Cl2N3. The fourth-order valence-electron chi connectivity index (χ4n) is 1.97. The minimum Gasteiger partial charge on any atom is -0.373 e. The summed E-state index contributed by atoms with van der Waals surface area (Å²) in [6.45, 7) is 0. The smallest absolute Gasteiger partial charge is 0.134 e. The molecule has 0 spiro atoms. The molecule has 3 nitrogen and oxygen atoms in total. The molecule has 0 aliphatic heterocycles. The van der Waals surface area contributed by atoms with E-state index in [1.165, 1.54) is 12.8 Å². The first kappa shape index (κ1) is 12.7. The Morgan fingerprint density at radius 1 is 1.05 bits per heavy atom. The lowest BCUT2D eigenvalue weighted by molar-refractivity contribution is 0.932. The lowest BCUT2D eigenvalue weighted by Gasteiger charge is -2.08. The highest BCUT2D eigenvalue weighted by molar-refractivity contribution is 6.35. The predicted octanol–water partition coefficient (Wildman–Crippen LogP) is 4.37.